The van der Waals surface area contributed by atoms with Crippen molar-refractivity contribution in [2.24, 2.45) is 0 Å². The van der Waals surface area contributed by atoms with E-state index in [4.69, 9.17) is 0 Å². The van der Waals surface area contributed by atoms with Gasteiger partial charge in [-0.05, 0) is 30.5 Å². The zero-order valence-electron chi connectivity index (χ0n) is 8.66. The van der Waals surface area contributed by atoms with Crippen LogP contribution in [0.15, 0.2) is 18.2 Å². The Labute approximate surface area is 85.2 Å². The van der Waals surface area contributed by atoms with Crippen LogP contribution in [0.5, 0.6) is 0 Å². The van der Waals surface area contributed by atoms with Gasteiger partial charge in [0.2, 0.25) is 10.0 Å². The van der Waals surface area contributed by atoms with Crippen LogP contribution in [0.1, 0.15) is 18.1 Å². The molecule has 3 nitrogen and oxygen atoms in total. The first-order chi connectivity index (χ1) is 6.42. The van der Waals surface area contributed by atoms with Gasteiger partial charge in [-0.1, -0.05) is 19.1 Å². The van der Waals surface area contributed by atoms with Crippen LogP contribution in [-0.2, 0) is 16.4 Å². The highest BCUT2D eigenvalue weighted by Crippen LogP contribution is 2.18. The molecule has 0 fully saturated rings. The molecule has 0 aliphatic carbocycles. The average Bonchev–Trinajstić information content (AvgIpc) is 2.01. The van der Waals surface area contributed by atoms with Gasteiger partial charge < -0.3 is 0 Å². The third-order valence-corrected chi connectivity index (χ3v) is 2.53. The Kier molecular flexibility index (Phi) is 3.16. The quantitative estimate of drug-likeness (QED) is 0.834. The average molecular weight is 213 g/mol. The molecule has 0 spiro atoms. The third-order valence-electron chi connectivity index (χ3n) is 1.94. The van der Waals surface area contributed by atoms with Gasteiger partial charge in [0.15, 0.2) is 0 Å². The number of sulfonamides is 1. The number of benzene rings is 1. The van der Waals surface area contributed by atoms with E-state index in [1.165, 1.54) is 0 Å². The lowest BCUT2D eigenvalue weighted by atomic mass is 10.1. The van der Waals surface area contributed by atoms with E-state index in [1.54, 1.807) is 0 Å². The van der Waals surface area contributed by atoms with Crippen LogP contribution in [0, 0.1) is 6.92 Å². The van der Waals surface area contributed by atoms with E-state index in [0.717, 1.165) is 23.8 Å². The Bertz CT molecular complexity index is 424. The third kappa shape index (κ3) is 3.03. The zero-order chi connectivity index (χ0) is 10.8. The van der Waals surface area contributed by atoms with Crippen molar-refractivity contribution in [2.45, 2.75) is 20.3 Å². The molecule has 0 heterocycles. The summed E-state index contributed by atoms with van der Waals surface area (Å²) in [6, 6.07) is 5.77. The lowest BCUT2D eigenvalue weighted by Crippen LogP contribution is -2.11. The minimum atomic E-state index is -3.18. The second-order valence-electron chi connectivity index (χ2n) is 3.39. The van der Waals surface area contributed by atoms with Gasteiger partial charge in [-0.2, -0.15) is 0 Å². The lowest BCUT2D eigenvalue weighted by molar-refractivity contribution is 0.606. The molecule has 1 aromatic carbocycles. The maximum atomic E-state index is 11.1. The fourth-order valence-electron chi connectivity index (χ4n) is 1.29. The van der Waals surface area contributed by atoms with Gasteiger partial charge in [0.1, 0.15) is 0 Å². The maximum absolute atomic E-state index is 11.1. The molecule has 4 heteroatoms. The summed E-state index contributed by atoms with van der Waals surface area (Å²) in [5.74, 6) is 0. The van der Waals surface area contributed by atoms with E-state index >= 15 is 0 Å². The van der Waals surface area contributed by atoms with E-state index in [2.05, 4.69) is 4.72 Å². The van der Waals surface area contributed by atoms with Crippen molar-refractivity contribution in [3.8, 4) is 0 Å². The molecule has 0 aliphatic heterocycles. The Morgan fingerprint density at radius 2 is 2.00 bits per heavy atom. The van der Waals surface area contributed by atoms with Gasteiger partial charge in [0.25, 0.3) is 0 Å². The second kappa shape index (κ2) is 4.00. The van der Waals surface area contributed by atoms with E-state index < -0.39 is 10.0 Å². The first-order valence-electron chi connectivity index (χ1n) is 4.49. The van der Waals surface area contributed by atoms with E-state index in [1.807, 2.05) is 32.0 Å². The normalized spacial score (nSPS) is 11.4. The minimum Gasteiger partial charge on any atom is -0.283 e. The molecule has 0 unspecified atom stereocenters. The van der Waals surface area contributed by atoms with Crippen molar-refractivity contribution >= 4 is 15.7 Å². The Balaban J connectivity index is 3.11. The zero-order valence-corrected chi connectivity index (χ0v) is 9.48. The molecule has 0 aliphatic rings. The first-order valence-corrected chi connectivity index (χ1v) is 6.39. The molecule has 14 heavy (non-hydrogen) atoms. The monoisotopic (exact) mass is 213 g/mol. The van der Waals surface area contributed by atoms with Gasteiger partial charge in [-0.3, -0.25) is 4.72 Å². The summed E-state index contributed by atoms with van der Waals surface area (Å²) in [6.07, 6.45) is 1.98. The number of anilines is 1. The molecule has 78 valence electrons. The topological polar surface area (TPSA) is 46.2 Å². The van der Waals surface area contributed by atoms with Gasteiger partial charge in [-0.25, -0.2) is 8.42 Å². The van der Waals surface area contributed by atoms with E-state index in [9.17, 15) is 8.42 Å². The predicted octanol–water partition coefficient (Wildman–Crippen LogP) is 1.93. The number of hydrogen-bond donors (Lipinski definition) is 1. The molecular formula is C10H15NO2S. The van der Waals surface area contributed by atoms with Gasteiger partial charge in [-0.15, -0.1) is 0 Å². The lowest BCUT2D eigenvalue weighted by Gasteiger charge is -2.09. The minimum absolute atomic E-state index is 0.690. The van der Waals surface area contributed by atoms with Crippen molar-refractivity contribution in [1.29, 1.82) is 0 Å². The Morgan fingerprint density at radius 1 is 1.36 bits per heavy atom. The highest BCUT2D eigenvalue weighted by molar-refractivity contribution is 7.92. The first kappa shape index (κ1) is 11.0. The van der Waals surface area contributed by atoms with Gasteiger partial charge >= 0.3 is 0 Å². The molecule has 0 radical (unpaired) electrons. The standard InChI is InChI=1S/C10H15NO2S/c1-4-9-6-5-8(2)7-10(9)11-14(3,12)13/h5-7,11H,4H2,1-3H3. The van der Waals surface area contributed by atoms with Crippen LogP contribution in [0.25, 0.3) is 0 Å². The smallest absolute Gasteiger partial charge is 0.229 e. The van der Waals surface area contributed by atoms with Crippen LogP contribution < -0.4 is 4.72 Å². The second-order valence-corrected chi connectivity index (χ2v) is 5.14. The summed E-state index contributed by atoms with van der Waals surface area (Å²) in [5, 5.41) is 0. The largest absolute Gasteiger partial charge is 0.283 e. The summed E-state index contributed by atoms with van der Waals surface area (Å²) >= 11 is 0. The molecule has 1 rings (SSSR count). The Hall–Kier alpha value is -1.03. The highest BCUT2D eigenvalue weighted by Gasteiger charge is 2.05. The summed E-state index contributed by atoms with van der Waals surface area (Å²) in [5.41, 5.74) is 2.75. The molecule has 0 saturated heterocycles. The fourth-order valence-corrected chi connectivity index (χ4v) is 1.88. The number of aryl methyl sites for hydroxylation is 2. The molecule has 0 bridgehead atoms. The van der Waals surface area contributed by atoms with Crippen LogP contribution in [0.3, 0.4) is 0 Å². The fraction of sp³-hybridized carbons (Fsp3) is 0.400. The van der Waals surface area contributed by atoms with Gasteiger partial charge in [0.05, 0.1) is 11.9 Å². The molecule has 0 aromatic heterocycles. The summed E-state index contributed by atoms with van der Waals surface area (Å²) < 4.78 is 24.7. The summed E-state index contributed by atoms with van der Waals surface area (Å²) in [7, 11) is -3.18. The summed E-state index contributed by atoms with van der Waals surface area (Å²) in [4.78, 5) is 0. The number of nitrogens with one attached hydrogen (secondary N) is 1. The molecular weight excluding hydrogens is 198 g/mol. The van der Waals surface area contributed by atoms with Crippen molar-refractivity contribution in [2.75, 3.05) is 11.0 Å². The molecule has 0 saturated carbocycles. The van der Waals surface area contributed by atoms with Crippen molar-refractivity contribution in [3.05, 3.63) is 29.3 Å². The summed E-state index contributed by atoms with van der Waals surface area (Å²) in [6.45, 7) is 3.94. The SMILES string of the molecule is CCc1ccc(C)cc1NS(C)(=O)=O. The highest BCUT2D eigenvalue weighted by atomic mass is 32.2. The number of rotatable bonds is 3. The van der Waals surface area contributed by atoms with Crippen LogP contribution in [0.2, 0.25) is 0 Å². The molecule has 1 N–H and O–H groups in total. The molecule has 1 aromatic rings. The van der Waals surface area contributed by atoms with Crippen molar-refractivity contribution in [3.63, 3.8) is 0 Å². The van der Waals surface area contributed by atoms with Gasteiger partial charge in [0, 0.05) is 0 Å². The van der Waals surface area contributed by atoms with E-state index in [0.29, 0.717) is 5.69 Å². The predicted molar refractivity (Wildman–Crippen MR) is 59.0 cm³/mol. The Morgan fingerprint density at radius 3 is 2.50 bits per heavy atom. The van der Waals surface area contributed by atoms with Crippen molar-refractivity contribution < 1.29 is 8.42 Å². The molecule has 0 amide bonds. The number of hydrogen-bond acceptors (Lipinski definition) is 2. The molecule has 0 atom stereocenters. The van der Waals surface area contributed by atoms with E-state index in [-0.39, 0.29) is 0 Å². The van der Waals surface area contributed by atoms with Crippen molar-refractivity contribution in [1.82, 2.24) is 0 Å². The maximum Gasteiger partial charge on any atom is 0.229 e. The van der Waals surface area contributed by atoms with Crippen LogP contribution >= 0.6 is 0 Å². The van der Waals surface area contributed by atoms with Crippen LogP contribution in [0.4, 0.5) is 5.69 Å². The van der Waals surface area contributed by atoms with Crippen LogP contribution in [-0.4, -0.2) is 14.7 Å².